The molecule has 154 valence electrons. The van der Waals surface area contributed by atoms with Crippen molar-refractivity contribution in [3.63, 3.8) is 0 Å². The van der Waals surface area contributed by atoms with Crippen molar-refractivity contribution in [2.45, 2.75) is 27.7 Å². The van der Waals surface area contributed by atoms with Crippen LogP contribution in [0.4, 0.5) is 0 Å². The Morgan fingerprint density at radius 2 is 1.21 bits per heavy atom. The highest BCUT2D eigenvalue weighted by Crippen LogP contribution is 2.18. The van der Waals surface area contributed by atoms with Crippen LogP contribution in [0.1, 0.15) is 43.0 Å². The van der Waals surface area contributed by atoms with E-state index in [1.807, 2.05) is 26.0 Å². The molecule has 29 heavy (non-hydrogen) atoms. The van der Waals surface area contributed by atoms with Crippen LogP contribution >= 0.6 is 0 Å². The third kappa shape index (κ3) is 6.12. The van der Waals surface area contributed by atoms with E-state index < -0.39 is 11.9 Å². The SMILES string of the molecule is [CH2]COC[C](OOC(=O)c1cccc(C)c1C)OOC(=O)c1cccc(C)c1C. The molecule has 7 nitrogen and oxygen atoms in total. The summed E-state index contributed by atoms with van der Waals surface area (Å²) in [5.41, 5.74) is 4.08. The third-order valence-electron chi connectivity index (χ3n) is 4.43. The van der Waals surface area contributed by atoms with Gasteiger partial charge in [-0.15, -0.1) is 9.78 Å². The minimum absolute atomic E-state index is 0.103. The summed E-state index contributed by atoms with van der Waals surface area (Å²) in [5, 5.41) is 0. The lowest BCUT2D eigenvalue weighted by Crippen LogP contribution is -2.20. The van der Waals surface area contributed by atoms with Crippen LogP contribution in [0.25, 0.3) is 0 Å². The topological polar surface area (TPSA) is 80.3 Å². The number of ether oxygens (including phenoxy) is 1. The molecule has 0 atom stereocenters. The summed E-state index contributed by atoms with van der Waals surface area (Å²) in [6.07, 6.45) is -0.356. The maximum Gasteiger partial charge on any atom is 0.373 e. The maximum atomic E-state index is 12.3. The Bertz CT molecular complexity index is 793. The van der Waals surface area contributed by atoms with Gasteiger partial charge in [0.15, 0.2) is 0 Å². The molecular weight excluding hydrogens is 376 g/mol. The Labute approximate surface area is 170 Å². The Kier molecular flexibility index (Phi) is 8.33. The number of carbonyl (C=O) groups is 2. The molecule has 0 aliphatic carbocycles. The highest BCUT2D eigenvalue weighted by atomic mass is 17.3. The van der Waals surface area contributed by atoms with E-state index in [0.29, 0.717) is 11.1 Å². The van der Waals surface area contributed by atoms with Gasteiger partial charge in [0, 0.05) is 6.61 Å². The van der Waals surface area contributed by atoms with E-state index in [0.717, 1.165) is 22.3 Å². The van der Waals surface area contributed by atoms with Crippen molar-refractivity contribution in [1.29, 1.82) is 0 Å². The Balaban J connectivity index is 1.98. The highest BCUT2D eigenvalue weighted by molar-refractivity contribution is 5.91. The smallest absolute Gasteiger partial charge is 0.373 e. The first-order chi connectivity index (χ1) is 13.8. The summed E-state index contributed by atoms with van der Waals surface area (Å²) in [4.78, 5) is 44.0. The molecule has 0 heterocycles. The van der Waals surface area contributed by atoms with Gasteiger partial charge in [-0.2, -0.15) is 0 Å². The van der Waals surface area contributed by atoms with Crippen LogP contribution in [0.3, 0.4) is 0 Å². The quantitative estimate of drug-likeness (QED) is 0.462. The summed E-state index contributed by atoms with van der Waals surface area (Å²) >= 11 is 0. The molecule has 2 radical (unpaired) electrons. The molecule has 0 bridgehead atoms. The minimum Gasteiger partial charge on any atom is -0.375 e. The van der Waals surface area contributed by atoms with Gasteiger partial charge in [-0.1, -0.05) is 24.3 Å². The second kappa shape index (κ2) is 10.7. The summed E-state index contributed by atoms with van der Waals surface area (Å²) < 4.78 is 5.08. The standard InChI is InChI=1S/C22H24O7/c1-6-25-13-20(26-28-21(23)18-11-7-9-14(2)16(18)4)27-29-22(24)19-12-8-10-15(3)17(19)5/h7-12H,1,6,13H2,2-5H3. The number of benzene rings is 2. The number of hydrogen-bond acceptors (Lipinski definition) is 7. The van der Waals surface area contributed by atoms with Crippen LogP contribution in [0, 0.1) is 40.9 Å². The van der Waals surface area contributed by atoms with E-state index >= 15 is 0 Å². The lowest BCUT2D eigenvalue weighted by molar-refractivity contribution is -0.368. The lowest BCUT2D eigenvalue weighted by Gasteiger charge is -2.14. The zero-order valence-corrected chi connectivity index (χ0v) is 16.9. The molecule has 0 fully saturated rings. The van der Waals surface area contributed by atoms with Gasteiger partial charge in [0.2, 0.25) is 0 Å². The van der Waals surface area contributed by atoms with Crippen LogP contribution < -0.4 is 0 Å². The van der Waals surface area contributed by atoms with Crippen molar-refractivity contribution in [2.75, 3.05) is 13.2 Å². The summed E-state index contributed by atoms with van der Waals surface area (Å²) in [7, 11) is 0. The van der Waals surface area contributed by atoms with Crippen molar-refractivity contribution in [2.24, 2.45) is 0 Å². The normalized spacial score (nSPS) is 10.8. The first-order valence-electron chi connectivity index (χ1n) is 8.98. The molecule has 0 N–H and O–H groups in total. The van der Waals surface area contributed by atoms with Crippen LogP contribution in [0.2, 0.25) is 0 Å². The number of rotatable bonds is 9. The van der Waals surface area contributed by atoms with E-state index in [1.165, 1.54) is 0 Å². The average Bonchev–Trinajstić information content (AvgIpc) is 2.71. The molecule has 0 saturated carbocycles. The van der Waals surface area contributed by atoms with E-state index in [9.17, 15) is 9.59 Å². The van der Waals surface area contributed by atoms with Crippen LogP contribution in [-0.4, -0.2) is 25.2 Å². The third-order valence-corrected chi connectivity index (χ3v) is 4.43. The van der Waals surface area contributed by atoms with Gasteiger partial charge in [0.1, 0.15) is 6.61 Å². The molecule has 2 aromatic rings. The van der Waals surface area contributed by atoms with Gasteiger partial charge in [0.25, 0.3) is 0 Å². The molecule has 0 aliphatic rings. The van der Waals surface area contributed by atoms with E-state index in [2.05, 4.69) is 6.92 Å². The van der Waals surface area contributed by atoms with E-state index in [4.69, 9.17) is 24.3 Å². The molecule has 0 amide bonds. The lowest BCUT2D eigenvalue weighted by atomic mass is 10.0. The van der Waals surface area contributed by atoms with E-state index in [1.54, 1.807) is 38.1 Å². The fraction of sp³-hybridized carbons (Fsp3) is 0.273. The van der Waals surface area contributed by atoms with Gasteiger partial charge < -0.3 is 4.74 Å². The molecule has 2 rings (SSSR count). The maximum absolute atomic E-state index is 12.3. The molecular formula is C22H24O7. The van der Waals surface area contributed by atoms with Crippen molar-refractivity contribution >= 4 is 11.9 Å². The van der Waals surface area contributed by atoms with Crippen molar-refractivity contribution in [3.05, 3.63) is 83.0 Å². The second-order valence-electron chi connectivity index (χ2n) is 6.33. The van der Waals surface area contributed by atoms with E-state index in [-0.39, 0.29) is 19.5 Å². The molecule has 0 spiro atoms. The van der Waals surface area contributed by atoms with Crippen LogP contribution in [-0.2, 0) is 24.3 Å². The van der Waals surface area contributed by atoms with Gasteiger partial charge in [-0.25, -0.2) is 9.59 Å². The monoisotopic (exact) mass is 400 g/mol. The fourth-order valence-electron chi connectivity index (χ4n) is 2.42. The summed E-state index contributed by atoms with van der Waals surface area (Å²) in [6.45, 7) is 10.7. The minimum atomic E-state index is -0.720. The Morgan fingerprint density at radius 1 is 0.759 bits per heavy atom. The van der Waals surface area contributed by atoms with Crippen molar-refractivity contribution in [3.8, 4) is 0 Å². The second-order valence-corrected chi connectivity index (χ2v) is 6.33. The largest absolute Gasteiger partial charge is 0.375 e. The molecule has 0 aromatic heterocycles. The Morgan fingerprint density at radius 3 is 1.62 bits per heavy atom. The Hall–Kier alpha value is -2.74. The average molecular weight is 400 g/mol. The zero-order valence-electron chi connectivity index (χ0n) is 16.9. The molecule has 0 unspecified atom stereocenters. The number of carbonyl (C=O) groups excluding carboxylic acids is 2. The molecule has 0 aliphatic heterocycles. The van der Waals surface area contributed by atoms with Gasteiger partial charge in [-0.3, -0.25) is 9.78 Å². The van der Waals surface area contributed by atoms with Gasteiger partial charge in [0.05, 0.1) is 11.1 Å². The van der Waals surface area contributed by atoms with Gasteiger partial charge >= 0.3 is 18.2 Å². The first kappa shape index (κ1) is 22.5. The van der Waals surface area contributed by atoms with Crippen molar-refractivity contribution < 1.29 is 33.9 Å². The van der Waals surface area contributed by atoms with Crippen LogP contribution in [0.5, 0.6) is 0 Å². The number of aryl methyl sites for hydroxylation is 2. The highest BCUT2D eigenvalue weighted by Gasteiger charge is 2.23. The number of hydrogen-bond donors (Lipinski definition) is 0. The van der Waals surface area contributed by atoms with Gasteiger partial charge in [-0.05, 0) is 69.0 Å². The summed E-state index contributed by atoms with van der Waals surface area (Å²) in [6, 6.07) is 10.4. The molecule has 7 heteroatoms. The van der Waals surface area contributed by atoms with Crippen molar-refractivity contribution in [1.82, 2.24) is 0 Å². The van der Waals surface area contributed by atoms with Crippen LogP contribution in [0.15, 0.2) is 36.4 Å². The first-order valence-corrected chi connectivity index (χ1v) is 8.98. The molecule has 2 aromatic carbocycles. The predicted molar refractivity (Wildman–Crippen MR) is 104 cm³/mol. The molecule has 0 saturated heterocycles. The zero-order chi connectivity index (χ0) is 21.4. The fourth-order valence-corrected chi connectivity index (χ4v) is 2.42. The predicted octanol–water partition coefficient (Wildman–Crippen LogP) is 4.14. The summed E-state index contributed by atoms with van der Waals surface area (Å²) in [5.74, 6) is -1.44.